The highest BCUT2D eigenvalue weighted by Crippen LogP contribution is 2.22. The van der Waals surface area contributed by atoms with Crippen LogP contribution in [-0.4, -0.2) is 31.4 Å². The van der Waals surface area contributed by atoms with Crippen LogP contribution >= 0.6 is 0 Å². The van der Waals surface area contributed by atoms with Gasteiger partial charge in [0.1, 0.15) is 6.10 Å². The molecule has 0 radical (unpaired) electrons. The van der Waals surface area contributed by atoms with Gasteiger partial charge in [-0.05, 0) is 25.0 Å². The third kappa shape index (κ3) is 5.44. The van der Waals surface area contributed by atoms with Gasteiger partial charge < -0.3 is 20.2 Å². The Labute approximate surface area is 146 Å². The second-order valence-electron chi connectivity index (χ2n) is 5.44. The third-order valence-corrected chi connectivity index (χ3v) is 3.62. The van der Waals surface area contributed by atoms with Gasteiger partial charge in [0.25, 0.3) is 5.91 Å². The molecule has 1 aromatic carbocycles. The first-order valence-electron chi connectivity index (χ1n) is 8.12. The van der Waals surface area contributed by atoms with Gasteiger partial charge in [0, 0.05) is 6.54 Å². The quantitative estimate of drug-likeness (QED) is 0.558. The maximum Gasteiger partial charge on any atom is 0.272 e. The lowest BCUT2D eigenvalue weighted by Crippen LogP contribution is -2.39. The standard InChI is InChI=1S/C18H23N3O4/c1-13(14-7-3-2-4-8-14)25-17-15(22)9-5-6-11-24-12-10-20-18(23)16(17)21-19/h2-5,7-9,13,21H,6,10-12,19H2,1H3,(H,20,23)/b9-5-,17-16+. The lowest BCUT2D eigenvalue weighted by atomic mass is 10.1. The van der Waals surface area contributed by atoms with Gasteiger partial charge in [-0.1, -0.05) is 36.4 Å². The Morgan fingerprint density at radius 1 is 1.24 bits per heavy atom. The first-order valence-corrected chi connectivity index (χ1v) is 8.12. The first-order chi connectivity index (χ1) is 12.1. The fraction of sp³-hybridized carbons (Fsp3) is 0.333. The highest BCUT2D eigenvalue weighted by Gasteiger charge is 2.23. The summed E-state index contributed by atoms with van der Waals surface area (Å²) in [5, 5.41) is 2.64. The molecule has 0 fully saturated rings. The number of rotatable bonds is 4. The molecule has 7 nitrogen and oxygen atoms in total. The summed E-state index contributed by atoms with van der Waals surface area (Å²) in [5.74, 6) is 4.41. The predicted octanol–water partition coefficient (Wildman–Crippen LogP) is 1.10. The molecule has 1 atom stereocenters. The van der Waals surface area contributed by atoms with Crippen molar-refractivity contribution in [2.45, 2.75) is 19.4 Å². The topological polar surface area (TPSA) is 103 Å². The summed E-state index contributed by atoms with van der Waals surface area (Å²) in [5.41, 5.74) is 3.05. The summed E-state index contributed by atoms with van der Waals surface area (Å²) in [6.07, 6.45) is 3.21. The zero-order chi connectivity index (χ0) is 18.1. The Morgan fingerprint density at radius 2 is 2.00 bits per heavy atom. The number of allylic oxidation sites excluding steroid dienone is 1. The molecule has 1 aliphatic rings. The van der Waals surface area contributed by atoms with Gasteiger partial charge in [-0.15, -0.1) is 0 Å². The SMILES string of the molecule is CC(O/C1=C(/NN)C(=O)NCCOCC/C=C\C1=O)c1ccccc1. The van der Waals surface area contributed by atoms with E-state index in [-0.39, 0.29) is 11.5 Å². The minimum atomic E-state index is -0.524. The van der Waals surface area contributed by atoms with Crippen LogP contribution in [0.3, 0.4) is 0 Å². The van der Waals surface area contributed by atoms with Gasteiger partial charge in [0.05, 0.1) is 13.2 Å². The minimum absolute atomic E-state index is 0.113. The molecule has 0 aromatic heterocycles. The summed E-state index contributed by atoms with van der Waals surface area (Å²) >= 11 is 0. The van der Waals surface area contributed by atoms with Crippen LogP contribution in [0, 0.1) is 0 Å². The van der Waals surface area contributed by atoms with Crippen LogP contribution in [0.4, 0.5) is 0 Å². The lowest BCUT2D eigenvalue weighted by Gasteiger charge is -2.19. The largest absolute Gasteiger partial charge is 0.480 e. The third-order valence-electron chi connectivity index (χ3n) is 3.62. The molecule has 0 saturated carbocycles. The molecule has 4 N–H and O–H groups in total. The van der Waals surface area contributed by atoms with E-state index in [1.807, 2.05) is 30.3 Å². The van der Waals surface area contributed by atoms with Gasteiger partial charge in [-0.3, -0.25) is 15.4 Å². The number of benzene rings is 1. The Bertz CT molecular complexity index is 656. The van der Waals surface area contributed by atoms with Gasteiger partial charge in [-0.25, -0.2) is 0 Å². The molecule has 134 valence electrons. The maximum atomic E-state index is 12.5. The van der Waals surface area contributed by atoms with Crippen molar-refractivity contribution in [2.75, 3.05) is 19.8 Å². The molecular weight excluding hydrogens is 322 g/mol. The van der Waals surface area contributed by atoms with E-state index < -0.39 is 17.8 Å². The van der Waals surface area contributed by atoms with E-state index in [1.165, 1.54) is 6.08 Å². The number of ether oxygens (including phenoxy) is 2. The van der Waals surface area contributed by atoms with Crippen LogP contribution in [0.1, 0.15) is 25.0 Å². The van der Waals surface area contributed by atoms with Crippen molar-refractivity contribution in [3.8, 4) is 0 Å². The molecule has 25 heavy (non-hydrogen) atoms. The Hall–Kier alpha value is -2.64. The van der Waals surface area contributed by atoms with E-state index in [0.717, 1.165) is 5.56 Å². The van der Waals surface area contributed by atoms with Crippen LogP contribution in [0.2, 0.25) is 0 Å². The smallest absolute Gasteiger partial charge is 0.272 e. The summed E-state index contributed by atoms with van der Waals surface area (Å²) in [7, 11) is 0. The molecule has 1 unspecified atom stereocenters. The summed E-state index contributed by atoms with van der Waals surface area (Å²) in [4.78, 5) is 24.8. The predicted molar refractivity (Wildman–Crippen MR) is 92.9 cm³/mol. The number of nitrogens with two attached hydrogens (primary N) is 1. The number of carbonyl (C=O) groups is 2. The van der Waals surface area contributed by atoms with E-state index in [2.05, 4.69) is 10.7 Å². The molecule has 0 spiro atoms. The number of hydrogen-bond acceptors (Lipinski definition) is 6. The zero-order valence-corrected chi connectivity index (χ0v) is 14.2. The van der Waals surface area contributed by atoms with E-state index >= 15 is 0 Å². The van der Waals surface area contributed by atoms with E-state index in [9.17, 15) is 9.59 Å². The molecule has 0 bridgehead atoms. The van der Waals surface area contributed by atoms with Crippen molar-refractivity contribution in [2.24, 2.45) is 5.84 Å². The molecule has 1 aliphatic heterocycles. The molecule has 7 heteroatoms. The molecule has 0 saturated heterocycles. The van der Waals surface area contributed by atoms with Gasteiger partial charge in [-0.2, -0.15) is 0 Å². The van der Waals surface area contributed by atoms with E-state index in [4.69, 9.17) is 15.3 Å². The number of amides is 1. The first kappa shape index (κ1) is 18.7. The van der Waals surface area contributed by atoms with Crippen molar-refractivity contribution in [3.63, 3.8) is 0 Å². The zero-order valence-electron chi connectivity index (χ0n) is 14.2. The van der Waals surface area contributed by atoms with Crippen molar-refractivity contribution in [1.82, 2.24) is 10.7 Å². The maximum absolute atomic E-state index is 12.5. The van der Waals surface area contributed by atoms with Crippen LogP contribution < -0.4 is 16.6 Å². The molecule has 1 amide bonds. The molecule has 2 rings (SSSR count). The summed E-state index contributed by atoms with van der Waals surface area (Å²) in [6, 6.07) is 9.41. The second kappa shape index (κ2) is 9.61. The van der Waals surface area contributed by atoms with Crippen LogP contribution in [0.5, 0.6) is 0 Å². The van der Waals surface area contributed by atoms with E-state index in [0.29, 0.717) is 26.2 Å². The Balaban J connectivity index is 2.32. The van der Waals surface area contributed by atoms with E-state index in [1.54, 1.807) is 13.0 Å². The monoisotopic (exact) mass is 345 g/mol. The van der Waals surface area contributed by atoms with Crippen LogP contribution in [-0.2, 0) is 19.1 Å². The fourth-order valence-electron chi connectivity index (χ4n) is 2.29. The van der Waals surface area contributed by atoms with Crippen molar-refractivity contribution in [3.05, 3.63) is 59.5 Å². The number of ketones is 1. The van der Waals surface area contributed by atoms with Crippen molar-refractivity contribution >= 4 is 11.7 Å². The molecule has 1 aromatic rings. The Kier molecular flexibility index (Phi) is 7.18. The summed E-state index contributed by atoms with van der Waals surface area (Å²) in [6.45, 7) is 2.96. The lowest BCUT2D eigenvalue weighted by molar-refractivity contribution is -0.120. The fourth-order valence-corrected chi connectivity index (χ4v) is 2.29. The van der Waals surface area contributed by atoms with Crippen molar-refractivity contribution < 1.29 is 19.1 Å². The molecule has 1 heterocycles. The molecule has 0 aliphatic carbocycles. The number of hydrogen-bond donors (Lipinski definition) is 3. The van der Waals surface area contributed by atoms with Gasteiger partial charge in [0.2, 0.25) is 5.78 Å². The van der Waals surface area contributed by atoms with Crippen LogP contribution in [0.25, 0.3) is 0 Å². The number of hydrazine groups is 1. The average Bonchev–Trinajstić information content (AvgIpc) is 2.63. The molecular formula is C18H23N3O4. The minimum Gasteiger partial charge on any atom is -0.480 e. The number of carbonyl (C=O) groups excluding carboxylic acids is 2. The van der Waals surface area contributed by atoms with Gasteiger partial charge >= 0.3 is 0 Å². The number of nitrogens with one attached hydrogen (secondary N) is 2. The highest BCUT2D eigenvalue weighted by molar-refractivity contribution is 6.08. The summed E-state index contributed by atoms with van der Waals surface area (Å²) < 4.78 is 11.1. The average molecular weight is 345 g/mol. The second-order valence-corrected chi connectivity index (χ2v) is 5.44. The van der Waals surface area contributed by atoms with Gasteiger partial charge in [0.15, 0.2) is 11.5 Å². The normalized spacial score (nSPS) is 22.2. The van der Waals surface area contributed by atoms with Crippen LogP contribution in [0.15, 0.2) is 53.9 Å². The highest BCUT2D eigenvalue weighted by atomic mass is 16.5. The van der Waals surface area contributed by atoms with Crippen molar-refractivity contribution in [1.29, 1.82) is 0 Å². The Morgan fingerprint density at radius 3 is 2.72 bits per heavy atom.